The molecule has 0 unspecified atom stereocenters. The molecule has 9 heteroatoms. The van der Waals surface area contributed by atoms with Gasteiger partial charge in [0.15, 0.2) is 0 Å². The van der Waals surface area contributed by atoms with E-state index in [2.05, 4.69) is 25.9 Å². The molecule has 0 fully saturated rings. The monoisotopic (exact) mass is 400 g/mol. The fraction of sp³-hybridized carbons (Fsp3) is 0.211. The summed E-state index contributed by atoms with van der Waals surface area (Å²) in [5.74, 6) is 2.66. The van der Waals surface area contributed by atoms with Crippen molar-refractivity contribution < 1.29 is 9.53 Å². The zero-order chi connectivity index (χ0) is 19.9. The Kier molecular flexibility index (Phi) is 6.33. The van der Waals surface area contributed by atoms with Crippen LogP contribution in [0, 0.1) is 6.92 Å². The van der Waals surface area contributed by atoms with Crippen molar-refractivity contribution in [2.45, 2.75) is 6.92 Å². The Morgan fingerprint density at radius 3 is 2.71 bits per heavy atom. The van der Waals surface area contributed by atoms with Gasteiger partial charge in [-0.2, -0.15) is 0 Å². The molecule has 0 saturated heterocycles. The largest absolute Gasteiger partial charge is 0.495 e. The number of hydrogen-bond donors (Lipinski definition) is 3. The molecule has 0 aliphatic heterocycles. The number of urea groups is 1. The summed E-state index contributed by atoms with van der Waals surface area (Å²) < 4.78 is 7.11. The van der Waals surface area contributed by atoms with Gasteiger partial charge in [-0.3, -0.25) is 0 Å². The molecule has 2 amide bonds. The molecule has 0 aliphatic rings. The number of anilines is 2. The summed E-state index contributed by atoms with van der Waals surface area (Å²) in [4.78, 5) is 20.9. The first-order valence-corrected chi connectivity index (χ1v) is 9.04. The summed E-state index contributed by atoms with van der Waals surface area (Å²) in [5, 5.41) is 9.19. The van der Waals surface area contributed by atoms with E-state index in [9.17, 15) is 4.79 Å². The number of carbonyl (C=O) groups is 1. The van der Waals surface area contributed by atoms with E-state index in [0.29, 0.717) is 41.2 Å². The molecule has 1 aromatic carbocycles. The standard InChI is InChI=1S/C19H21ClN6O2/c1-13-23-17(12-18(24-13)26-9-3-4-10-26)21-7-8-22-19(27)25-15-11-14(20)5-6-16(15)28-2/h3-6,9-12H,7-8H2,1-2H3,(H,21,23,24)(H2,22,25,27). The van der Waals surface area contributed by atoms with Gasteiger partial charge in [-0.15, -0.1) is 0 Å². The predicted molar refractivity (Wildman–Crippen MR) is 110 cm³/mol. The van der Waals surface area contributed by atoms with Gasteiger partial charge in [0.05, 0.1) is 12.8 Å². The van der Waals surface area contributed by atoms with Crippen LogP contribution in [0.5, 0.6) is 5.75 Å². The van der Waals surface area contributed by atoms with Crippen molar-refractivity contribution in [3.63, 3.8) is 0 Å². The number of halogens is 1. The van der Waals surface area contributed by atoms with Crippen LogP contribution in [-0.2, 0) is 0 Å². The zero-order valence-electron chi connectivity index (χ0n) is 15.6. The summed E-state index contributed by atoms with van der Waals surface area (Å²) in [6, 6.07) is 10.4. The zero-order valence-corrected chi connectivity index (χ0v) is 16.3. The van der Waals surface area contributed by atoms with Crippen LogP contribution in [-0.4, -0.2) is 40.8 Å². The number of benzene rings is 1. The molecule has 3 rings (SSSR count). The van der Waals surface area contributed by atoms with Gasteiger partial charge in [-0.1, -0.05) is 11.6 Å². The van der Waals surface area contributed by atoms with E-state index in [-0.39, 0.29) is 6.03 Å². The minimum Gasteiger partial charge on any atom is -0.495 e. The summed E-state index contributed by atoms with van der Waals surface area (Å²) in [6.07, 6.45) is 3.84. The van der Waals surface area contributed by atoms with Crippen LogP contribution in [0.2, 0.25) is 5.02 Å². The van der Waals surface area contributed by atoms with Crippen LogP contribution in [0.4, 0.5) is 16.3 Å². The Labute approximate surface area is 167 Å². The second-order valence-electron chi connectivity index (χ2n) is 5.90. The summed E-state index contributed by atoms with van der Waals surface area (Å²) in [7, 11) is 1.53. The molecular weight excluding hydrogens is 380 g/mol. The van der Waals surface area contributed by atoms with Crippen molar-refractivity contribution in [3.8, 4) is 11.6 Å². The number of amides is 2. The summed E-state index contributed by atoms with van der Waals surface area (Å²) in [6.45, 7) is 2.74. The Hall–Kier alpha value is -3.26. The Balaban J connectivity index is 1.51. The number of carbonyl (C=O) groups excluding carboxylic acids is 1. The number of aryl methyl sites for hydroxylation is 1. The molecule has 0 bridgehead atoms. The van der Waals surface area contributed by atoms with Gasteiger partial charge in [0.2, 0.25) is 0 Å². The Morgan fingerprint density at radius 2 is 1.96 bits per heavy atom. The molecule has 3 aromatic rings. The predicted octanol–water partition coefficient (Wildman–Crippen LogP) is 3.47. The fourth-order valence-corrected chi connectivity index (χ4v) is 2.75. The van der Waals surface area contributed by atoms with E-state index in [1.54, 1.807) is 18.2 Å². The van der Waals surface area contributed by atoms with Crippen molar-refractivity contribution >= 4 is 29.1 Å². The van der Waals surface area contributed by atoms with E-state index < -0.39 is 0 Å². The van der Waals surface area contributed by atoms with Gasteiger partial charge in [0, 0.05) is 36.6 Å². The summed E-state index contributed by atoms with van der Waals surface area (Å²) in [5.41, 5.74) is 0.503. The van der Waals surface area contributed by atoms with Crippen LogP contribution in [0.25, 0.3) is 5.82 Å². The molecule has 28 heavy (non-hydrogen) atoms. The van der Waals surface area contributed by atoms with Gasteiger partial charge < -0.3 is 25.3 Å². The molecule has 0 saturated carbocycles. The number of nitrogens with one attached hydrogen (secondary N) is 3. The molecule has 0 aliphatic carbocycles. The Bertz CT molecular complexity index is 946. The van der Waals surface area contributed by atoms with Crippen LogP contribution in [0.15, 0.2) is 48.8 Å². The maximum Gasteiger partial charge on any atom is 0.319 e. The van der Waals surface area contributed by atoms with Crippen molar-refractivity contribution in [1.82, 2.24) is 19.9 Å². The third kappa shape index (κ3) is 5.14. The smallest absolute Gasteiger partial charge is 0.319 e. The lowest BCUT2D eigenvalue weighted by Crippen LogP contribution is -2.32. The molecule has 0 atom stereocenters. The molecule has 2 heterocycles. The number of aromatic nitrogens is 3. The number of methoxy groups -OCH3 is 1. The normalized spacial score (nSPS) is 10.4. The molecule has 0 spiro atoms. The lowest BCUT2D eigenvalue weighted by Gasteiger charge is -2.12. The quantitative estimate of drug-likeness (QED) is 0.528. The van der Waals surface area contributed by atoms with E-state index in [1.807, 2.05) is 42.1 Å². The van der Waals surface area contributed by atoms with Crippen molar-refractivity contribution in [2.24, 2.45) is 0 Å². The topological polar surface area (TPSA) is 93.1 Å². The number of hydrogen-bond acceptors (Lipinski definition) is 5. The first kappa shape index (κ1) is 19.5. The maximum absolute atomic E-state index is 12.1. The lowest BCUT2D eigenvalue weighted by atomic mass is 10.3. The van der Waals surface area contributed by atoms with Crippen molar-refractivity contribution in [1.29, 1.82) is 0 Å². The molecule has 146 valence electrons. The lowest BCUT2D eigenvalue weighted by molar-refractivity contribution is 0.252. The van der Waals surface area contributed by atoms with Gasteiger partial charge in [-0.05, 0) is 37.3 Å². The molecule has 2 aromatic heterocycles. The van der Waals surface area contributed by atoms with Gasteiger partial charge >= 0.3 is 6.03 Å². The van der Waals surface area contributed by atoms with Crippen LogP contribution >= 0.6 is 11.6 Å². The van der Waals surface area contributed by atoms with E-state index >= 15 is 0 Å². The Morgan fingerprint density at radius 1 is 1.18 bits per heavy atom. The minimum absolute atomic E-state index is 0.353. The molecule has 3 N–H and O–H groups in total. The van der Waals surface area contributed by atoms with Crippen LogP contribution in [0.3, 0.4) is 0 Å². The third-order valence-electron chi connectivity index (χ3n) is 3.82. The maximum atomic E-state index is 12.1. The molecular formula is C19H21ClN6O2. The van der Waals surface area contributed by atoms with Gasteiger partial charge in [-0.25, -0.2) is 14.8 Å². The van der Waals surface area contributed by atoms with Crippen molar-refractivity contribution in [3.05, 3.63) is 59.6 Å². The van der Waals surface area contributed by atoms with E-state index in [4.69, 9.17) is 16.3 Å². The highest BCUT2D eigenvalue weighted by Crippen LogP contribution is 2.27. The van der Waals surface area contributed by atoms with E-state index in [0.717, 1.165) is 5.82 Å². The average molecular weight is 401 g/mol. The second-order valence-corrected chi connectivity index (χ2v) is 6.34. The van der Waals surface area contributed by atoms with Crippen molar-refractivity contribution in [2.75, 3.05) is 30.8 Å². The highest BCUT2D eigenvalue weighted by molar-refractivity contribution is 6.31. The summed E-state index contributed by atoms with van der Waals surface area (Å²) >= 11 is 5.96. The highest BCUT2D eigenvalue weighted by Gasteiger charge is 2.08. The van der Waals surface area contributed by atoms with Crippen LogP contribution in [0.1, 0.15) is 5.82 Å². The van der Waals surface area contributed by atoms with Gasteiger partial charge in [0.1, 0.15) is 23.2 Å². The fourth-order valence-electron chi connectivity index (χ4n) is 2.57. The average Bonchev–Trinajstić information content (AvgIpc) is 3.20. The van der Waals surface area contributed by atoms with Gasteiger partial charge in [0.25, 0.3) is 0 Å². The van der Waals surface area contributed by atoms with E-state index in [1.165, 1.54) is 7.11 Å². The molecule has 0 radical (unpaired) electrons. The first-order valence-electron chi connectivity index (χ1n) is 8.66. The molecule has 8 nitrogen and oxygen atoms in total. The highest BCUT2D eigenvalue weighted by atomic mass is 35.5. The number of rotatable bonds is 7. The minimum atomic E-state index is -0.353. The SMILES string of the molecule is COc1ccc(Cl)cc1NC(=O)NCCNc1cc(-n2cccc2)nc(C)n1. The number of nitrogens with zero attached hydrogens (tertiary/aromatic N) is 3. The van der Waals surface area contributed by atoms with Crippen LogP contribution < -0.4 is 20.7 Å². The second kappa shape index (κ2) is 9.09. The third-order valence-corrected chi connectivity index (χ3v) is 4.05. The first-order chi connectivity index (χ1) is 13.5. The number of ether oxygens (including phenoxy) is 1.